The van der Waals surface area contributed by atoms with Crippen LogP contribution in [0.4, 0.5) is 0 Å². The molecule has 1 aliphatic heterocycles. The van der Waals surface area contributed by atoms with Gasteiger partial charge < -0.3 is 10.0 Å². The van der Waals surface area contributed by atoms with Crippen molar-refractivity contribution in [1.82, 2.24) is 4.90 Å². The Kier molecular flexibility index (Phi) is 5.82. The Labute approximate surface area is 133 Å². The Hall–Kier alpha value is -1.33. The molecule has 0 radical (unpaired) electrons. The highest BCUT2D eigenvalue weighted by molar-refractivity contribution is 7.17. The molecule has 1 unspecified atom stereocenters. The van der Waals surface area contributed by atoms with Crippen molar-refractivity contribution in [2.45, 2.75) is 38.1 Å². The molecule has 1 fully saturated rings. The summed E-state index contributed by atoms with van der Waals surface area (Å²) in [6.45, 7) is 0.707. The number of piperidine rings is 1. The number of likely N-dealkylation sites (tertiary alicyclic amines) is 1. The number of hydrogen-bond donors (Lipinski definition) is 1. The highest BCUT2D eigenvalue weighted by atomic mass is 35.5. The number of halogens is 1. The molecule has 1 N–H and O–H groups in total. The van der Waals surface area contributed by atoms with E-state index in [1.54, 1.807) is 23.1 Å². The molecule has 0 saturated carbocycles. The summed E-state index contributed by atoms with van der Waals surface area (Å²) in [5.41, 5.74) is 0. The van der Waals surface area contributed by atoms with E-state index >= 15 is 0 Å². The highest BCUT2D eigenvalue weighted by Gasteiger charge is 2.25. The summed E-state index contributed by atoms with van der Waals surface area (Å²) in [6, 6.07) is 3.71. The predicted octanol–water partition coefficient (Wildman–Crippen LogP) is 3.66. The second kappa shape index (κ2) is 7.61. The second-order valence-electron chi connectivity index (χ2n) is 5.09. The molecule has 1 amide bonds. The molecular formula is C15H18ClNO3S. The van der Waals surface area contributed by atoms with E-state index in [4.69, 9.17) is 16.7 Å². The number of carbonyl (C=O) groups excluding carboxylic acids is 1. The van der Waals surface area contributed by atoms with E-state index in [-0.39, 0.29) is 18.4 Å². The van der Waals surface area contributed by atoms with Gasteiger partial charge in [-0.1, -0.05) is 11.6 Å². The molecule has 2 rings (SSSR count). The van der Waals surface area contributed by atoms with Gasteiger partial charge in [-0.05, 0) is 43.9 Å². The molecule has 1 saturated heterocycles. The Morgan fingerprint density at radius 2 is 2.24 bits per heavy atom. The quantitative estimate of drug-likeness (QED) is 0.840. The summed E-state index contributed by atoms with van der Waals surface area (Å²) >= 11 is 7.27. The number of amides is 1. The van der Waals surface area contributed by atoms with Gasteiger partial charge in [-0.15, -0.1) is 11.3 Å². The van der Waals surface area contributed by atoms with Crippen molar-refractivity contribution in [3.8, 4) is 0 Å². The molecule has 6 heteroatoms. The molecule has 1 atom stereocenters. The van der Waals surface area contributed by atoms with E-state index < -0.39 is 5.97 Å². The topological polar surface area (TPSA) is 57.6 Å². The SMILES string of the molecule is O=C(O)CCC1CCCCN1C(=O)C=Cc1ccc(Cl)s1. The van der Waals surface area contributed by atoms with Crippen molar-refractivity contribution >= 4 is 40.9 Å². The molecule has 0 bridgehead atoms. The first-order valence-electron chi connectivity index (χ1n) is 7.02. The van der Waals surface area contributed by atoms with E-state index in [9.17, 15) is 9.59 Å². The number of aliphatic carboxylic acids is 1. The monoisotopic (exact) mass is 327 g/mol. The maximum Gasteiger partial charge on any atom is 0.303 e. The van der Waals surface area contributed by atoms with E-state index in [0.717, 1.165) is 24.1 Å². The van der Waals surface area contributed by atoms with Gasteiger partial charge in [0.2, 0.25) is 5.91 Å². The van der Waals surface area contributed by atoms with Crippen LogP contribution in [-0.4, -0.2) is 34.5 Å². The summed E-state index contributed by atoms with van der Waals surface area (Å²) in [6.07, 6.45) is 6.88. The van der Waals surface area contributed by atoms with E-state index in [0.29, 0.717) is 17.3 Å². The average molecular weight is 328 g/mol. The molecule has 0 aromatic carbocycles. The normalized spacial score (nSPS) is 19.1. The molecule has 1 aliphatic rings. The van der Waals surface area contributed by atoms with Crippen molar-refractivity contribution in [3.63, 3.8) is 0 Å². The van der Waals surface area contributed by atoms with Gasteiger partial charge in [0.05, 0.1) is 4.34 Å². The lowest BCUT2D eigenvalue weighted by atomic mass is 9.98. The zero-order valence-electron chi connectivity index (χ0n) is 11.6. The number of rotatable bonds is 5. The number of nitrogens with zero attached hydrogens (tertiary/aromatic N) is 1. The van der Waals surface area contributed by atoms with Crippen molar-refractivity contribution in [3.05, 3.63) is 27.4 Å². The summed E-state index contributed by atoms with van der Waals surface area (Å²) < 4.78 is 0.694. The molecule has 0 spiro atoms. The van der Waals surface area contributed by atoms with Crippen LogP contribution < -0.4 is 0 Å². The lowest BCUT2D eigenvalue weighted by Gasteiger charge is -2.35. The lowest BCUT2D eigenvalue weighted by Crippen LogP contribution is -2.43. The van der Waals surface area contributed by atoms with Gasteiger partial charge >= 0.3 is 5.97 Å². The molecule has 1 aromatic rings. The Bertz CT molecular complexity index is 541. The minimum Gasteiger partial charge on any atom is -0.481 e. The third-order valence-corrected chi connectivity index (χ3v) is 4.78. The zero-order chi connectivity index (χ0) is 15.2. The van der Waals surface area contributed by atoms with Crippen LogP contribution in [0.1, 0.15) is 37.0 Å². The lowest BCUT2D eigenvalue weighted by molar-refractivity contribution is -0.138. The Morgan fingerprint density at radius 3 is 2.90 bits per heavy atom. The molecule has 21 heavy (non-hydrogen) atoms. The van der Waals surface area contributed by atoms with Crippen LogP contribution in [0.25, 0.3) is 6.08 Å². The van der Waals surface area contributed by atoms with Crippen LogP contribution in [0.3, 0.4) is 0 Å². The van der Waals surface area contributed by atoms with Gasteiger partial charge in [0.15, 0.2) is 0 Å². The summed E-state index contributed by atoms with van der Waals surface area (Å²) in [5.74, 6) is -0.855. The van der Waals surface area contributed by atoms with Gasteiger partial charge in [-0.25, -0.2) is 0 Å². The van der Waals surface area contributed by atoms with Crippen molar-refractivity contribution in [2.75, 3.05) is 6.54 Å². The van der Waals surface area contributed by atoms with Crippen LogP contribution >= 0.6 is 22.9 Å². The summed E-state index contributed by atoms with van der Waals surface area (Å²) in [4.78, 5) is 25.7. The maximum absolute atomic E-state index is 12.3. The molecule has 1 aromatic heterocycles. The molecule has 4 nitrogen and oxygen atoms in total. The fraction of sp³-hybridized carbons (Fsp3) is 0.467. The summed E-state index contributed by atoms with van der Waals surface area (Å²) in [7, 11) is 0. The van der Waals surface area contributed by atoms with E-state index in [1.807, 2.05) is 6.07 Å². The zero-order valence-corrected chi connectivity index (χ0v) is 13.2. The standard InChI is InChI=1S/C15H18ClNO3S/c16-13-7-5-12(21-13)6-8-14(18)17-10-2-1-3-11(17)4-9-15(19)20/h5-8,11H,1-4,9-10H2,(H,19,20). The minimum atomic E-state index is -0.809. The maximum atomic E-state index is 12.3. The van der Waals surface area contributed by atoms with Gasteiger partial charge in [0.25, 0.3) is 0 Å². The fourth-order valence-electron chi connectivity index (χ4n) is 2.55. The number of thiophene rings is 1. The van der Waals surface area contributed by atoms with Crippen LogP contribution in [0.5, 0.6) is 0 Å². The second-order valence-corrected chi connectivity index (χ2v) is 6.84. The molecule has 0 aliphatic carbocycles. The largest absolute Gasteiger partial charge is 0.481 e. The van der Waals surface area contributed by atoms with Crippen LogP contribution in [0.2, 0.25) is 4.34 Å². The van der Waals surface area contributed by atoms with Gasteiger partial charge in [0.1, 0.15) is 0 Å². The molecular weight excluding hydrogens is 310 g/mol. The fourth-order valence-corrected chi connectivity index (χ4v) is 3.51. The van der Waals surface area contributed by atoms with Gasteiger partial charge in [0, 0.05) is 30.0 Å². The van der Waals surface area contributed by atoms with E-state index in [2.05, 4.69) is 0 Å². The van der Waals surface area contributed by atoms with Crippen molar-refractivity contribution < 1.29 is 14.7 Å². The summed E-state index contributed by atoms with van der Waals surface area (Å²) in [5, 5.41) is 8.79. The molecule has 114 valence electrons. The third kappa shape index (κ3) is 4.86. The molecule has 2 heterocycles. The van der Waals surface area contributed by atoms with Gasteiger partial charge in [-0.3, -0.25) is 9.59 Å². The van der Waals surface area contributed by atoms with Crippen molar-refractivity contribution in [2.24, 2.45) is 0 Å². The van der Waals surface area contributed by atoms with Crippen molar-refractivity contribution in [1.29, 1.82) is 0 Å². The number of carbonyl (C=O) groups is 2. The highest BCUT2D eigenvalue weighted by Crippen LogP contribution is 2.24. The van der Waals surface area contributed by atoms with Gasteiger partial charge in [-0.2, -0.15) is 0 Å². The first-order chi connectivity index (χ1) is 10.1. The number of carboxylic acids is 1. The predicted molar refractivity (Wildman–Crippen MR) is 84.6 cm³/mol. The van der Waals surface area contributed by atoms with Crippen LogP contribution in [-0.2, 0) is 9.59 Å². The Balaban J connectivity index is 1.97. The van der Waals surface area contributed by atoms with Crippen LogP contribution in [0, 0.1) is 0 Å². The Morgan fingerprint density at radius 1 is 1.43 bits per heavy atom. The first-order valence-corrected chi connectivity index (χ1v) is 8.21. The first kappa shape index (κ1) is 16.0. The van der Waals surface area contributed by atoms with E-state index in [1.165, 1.54) is 11.3 Å². The number of hydrogen-bond acceptors (Lipinski definition) is 3. The number of carboxylic acid groups (broad SMARTS) is 1. The third-order valence-electron chi connectivity index (χ3n) is 3.59. The average Bonchev–Trinajstić information content (AvgIpc) is 2.88. The minimum absolute atomic E-state index is 0.0407. The van der Waals surface area contributed by atoms with Crippen LogP contribution in [0.15, 0.2) is 18.2 Å². The smallest absolute Gasteiger partial charge is 0.303 e.